The Labute approximate surface area is 449 Å². The van der Waals surface area contributed by atoms with Crippen LogP contribution in [0.4, 0.5) is 0 Å². The van der Waals surface area contributed by atoms with Crippen molar-refractivity contribution in [3.05, 3.63) is 89.5 Å². The first-order valence-corrected chi connectivity index (χ1v) is 31.4. The van der Waals surface area contributed by atoms with E-state index in [9.17, 15) is 38.9 Å². The van der Waals surface area contributed by atoms with Crippen molar-refractivity contribution in [1.29, 1.82) is 0 Å². The summed E-state index contributed by atoms with van der Waals surface area (Å²) in [5.41, 5.74) is 3.31. The van der Waals surface area contributed by atoms with Crippen molar-refractivity contribution in [1.82, 2.24) is 0 Å². The Morgan fingerprint density at radius 3 is 0.606 bits per heavy atom. The van der Waals surface area contributed by atoms with Crippen molar-refractivity contribution < 1.29 is 65.7 Å². The van der Waals surface area contributed by atoms with Crippen LogP contribution in [0.3, 0.4) is 0 Å². The second-order valence-corrected chi connectivity index (χ2v) is 23.3. The standard InChI is InChI=1S/3C18H30O3S.C3H8O.Ti/c3*1-2-3-4-5-6-7-8-9-10-11-12-17-13-15-18(16-14-17)22(19,20)21;1-3(2)4;/h3*13-16H,2-12H2,1H3,(H,19,20,21);3-4H,1-2H3;/q;;;;+3/p-3. The molecular weight excluding hydrogens is 989 g/mol. The van der Waals surface area contributed by atoms with E-state index in [1.54, 1.807) is 50.2 Å². The molecular formula is C57H95O10S3Ti. The van der Waals surface area contributed by atoms with Gasteiger partial charge in [-0.25, -0.2) is 25.3 Å². The van der Waals surface area contributed by atoms with Gasteiger partial charge in [0.25, 0.3) is 0 Å². The van der Waals surface area contributed by atoms with Crippen LogP contribution in [0.25, 0.3) is 0 Å². The van der Waals surface area contributed by atoms with E-state index in [-0.39, 0.29) is 42.5 Å². The van der Waals surface area contributed by atoms with E-state index in [1.807, 2.05) is 0 Å². The summed E-state index contributed by atoms with van der Waals surface area (Å²) < 4.78 is 97.5. The largest absolute Gasteiger partial charge is 3.00 e. The Bertz CT molecular complexity index is 1760. The fourth-order valence-electron chi connectivity index (χ4n) is 7.92. The topological polar surface area (TPSA) is 192 Å². The summed E-state index contributed by atoms with van der Waals surface area (Å²) in [6.45, 7) is 10.2. The third-order valence-corrected chi connectivity index (χ3v) is 14.6. The maximum absolute atomic E-state index is 10.8. The number of hydrogen-bond donors (Lipinski definition) is 1. The Hall–Kier alpha value is -1.94. The maximum Gasteiger partial charge on any atom is 3.00 e. The Kier molecular flexibility index (Phi) is 45.5. The minimum absolute atomic E-state index is 0. The third kappa shape index (κ3) is 44.1. The second kappa shape index (κ2) is 45.5. The molecule has 0 fully saturated rings. The molecule has 3 rings (SSSR count). The minimum atomic E-state index is -4.31. The number of aliphatic hydroxyl groups is 1. The molecule has 0 aliphatic carbocycles. The molecule has 3 aromatic carbocycles. The fourth-order valence-corrected chi connectivity index (χ4v) is 9.33. The van der Waals surface area contributed by atoms with Crippen LogP contribution in [0.2, 0.25) is 0 Å². The molecule has 0 saturated carbocycles. The predicted octanol–water partition coefficient (Wildman–Crippen LogP) is 15.5. The van der Waals surface area contributed by atoms with Crippen LogP contribution in [0.5, 0.6) is 0 Å². The number of aryl methyl sites for hydroxylation is 3. The normalized spacial score (nSPS) is 11.4. The molecule has 14 heteroatoms. The number of hydrogen-bond acceptors (Lipinski definition) is 10. The zero-order valence-corrected chi connectivity index (χ0v) is 48.7. The molecule has 3 aromatic rings. The Morgan fingerprint density at radius 2 is 0.465 bits per heavy atom. The summed E-state index contributed by atoms with van der Waals surface area (Å²) in [4.78, 5) is -0.419. The van der Waals surface area contributed by atoms with Gasteiger partial charge in [0.1, 0.15) is 30.4 Å². The summed E-state index contributed by atoms with van der Waals surface area (Å²) in [5.74, 6) is 0. The molecule has 0 unspecified atom stereocenters. The zero-order chi connectivity index (χ0) is 52.4. The van der Waals surface area contributed by atoms with E-state index in [1.165, 1.54) is 210 Å². The molecule has 0 aliphatic heterocycles. The molecule has 0 spiro atoms. The van der Waals surface area contributed by atoms with E-state index < -0.39 is 30.4 Å². The quantitative estimate of drug-likeness (QED) is 0.0333. The van der Waals surface area contributed by atoms with Gasteiger partial charge in [-0.15, -0.1) is 0 Å². The maximum atomic E-state index is 10.8. The van der Waals surface area contributed by atoms with E-state index in [2.05, 4.69) is 20.8 Å². The predicted molar refractivity (Wildman–Crippen MR) is 287 cm³/mol. The van der Waals surface area contributed by atoms with Crippen LogP contribution < -0.4 is 0 Å². The molecule has 405 valence electrons. The van der Waals surface area contributed by atoms with Gasteiger partial charge >= 0.3 is 21.7 Å². The van der Waals surface area contributed by atoms with Crippen molar-refractivity contribution in [3.63, 3.8) is 0 Å². The summed E-state index contributed by atoms with van der Waals surface area (Å²) >= 11 is 0. The number of rotatable bonds is 36. The van der Waals surface area contributed by atoms with Crippen molar-refractivity contribution in [2.75, 3.05) is 0 Å². The van der Waals surface area contributed by atoms with E-state index in [0.717, 1.165) is 55.2 Å². The van der Waals surface area contributed by atoms with Crippen molar-refractivity contribution in [3.8, 4) is 0 Å². The number of unbranched alkanes of at least 4 members (excludes halogenated alkanes) is 27. The average molecular weight is 1080 g/mol. The Morgan fingerprint density at radius 1 is 0.324 bits per heavy atom. The number of benzene rings is 3. The Balaban J connectivity index is 0. The molecule has 0 atom stereocenters. The van der Waals surface area contributed by atoms with Gasteiger partial charge in [-0.3, -0.25) is 0 Å². The molecule has 71 heavy (non-hydrogen) atoms. The van der Waals surface area contributed by atoms with Crippen LogP contribution >= 0.6 is 0 Å². The molecule has 1 N–H and O–H groups in total. The van der Waals surface area contributed by atoms with Gasteiger partial charge in [-0.2, -0.15) is 0 Å². The van der Waals surface area contributed by atoms with Crippen LogP contribution in [0.1, 0.15) is 244 Å². The van der Waals surface area contributed by atoms with Crippen molar-refractivity contribution in [2.45, 2.75) is 267 Å². The molecule has 1 radical (unpaired) electrons. The summed E-state index contributed by atoms with van der Waals surface area (Å²) in [7, 11) is -12.9. The van der Waals surface area contributed by atoms with Crippen LogP contribution in [-0.4, -0.2) is 50.1 Å². The van der Waals surface area contributed by atoms with Gasteiger partial charge in [0.15, 0.2) is 0 Å². The summed E-state index contributed by atoms with van der Waals surface area (Å²) in [6, 6.07) is 19.0. The summed E-state index contributed by atoms with van der Waals surface area (Å²) in [5, 5.41) is 8.06. The molecule has 0 aliphatic rings. The van der Waals surface area contributed by atoms with Crippen LogP contribution in [0, 0.1) is 0 Å². The summed E-state index contributed by atoms with van der Waals surface area (Å²) in [6.07, 6.45) is 42.0. The average Bonchev–Trinajstić information content (AvgIpc) is 3.31. The molecule has 0 aromatic heterocycles. The number of aliphatic hydroxyl groups excluding tert-OH is 1. The zero-order valence-electron chi connectivity index (χ0n) is 44.7. The first-order valence-electron chi connectivity index (χ1n) is 27.2. The molecule has 0 amide bonds. The van der Waals surface area contributed by atoms with Gasteiger partial charge in [0, 0.05) is 6.10 Å². The van der Waals surface area contributed by atoms with E-state index >= 15 is 0 Å². The minimum Gasteiger partial charge on any atom is -0.744 e. The van der Waals surface area contributed by atoms with Crippen molar-refractivity contribution in [2.24, 2.45) is 0 Å². The van der Waals surface area contributed by atoms with E-state index in [0.29, 0.717) is 0 Å². The van der Waals surface area contributed by atoms with Crippen LogP contribution in [-0.2, 0) is 71.3 Å². The third-order valence-electron chi connectivity index (χ3n) is 12.1. The molecule has 0 bridgehead atoms. The molecule has 0 heterocycles. The van der Waals surface area contributed by atoms with Gasteiger partial charge in [-0.05, 0) is 105 Å². The monoisotopic (exact) mass is 1080 g/mol. The van der Waals surface area contributed by atoms with Gasteiger partial charge in [-0.1, -0.05) is 231 Å². The molecule has 10 nitrogen and oxygen atoms in total. The van der Waals surface area contributed by atoms with Gasteiger partial charge in [0.05, 0.1) is 14.7 Å². The van der Waals surface area contributed by atoms with Gasteiger partial charge < -0.3 is 18.8 Å². The second-order valence-electron chi connectivity index (χ2n) is 19.2. The smallest absolute Gasteiger partial charge is 0.744 e. The van der Waals surface area contributed by atoms with Crippen molar-refractivity contribution >= 4 is 30.4 Å². The van der Waals surface area contributed by atoms with Crippen LogP contribution in [0.15, 0.2) is 87.5 Å². The van der Waals surface area contributed by atoms with Gasteiger partial charge in [0.2, 0.25) is 0 Å². The SMILES string of the molecule is CC(C)O.CCCCCCCCCCCCc1ccc(S(=O)(=O)[O-])cc1.CCCCCCCCCCCCc1ccc(S(=O)(=O)[O-])cc1.CCCCCCCCCCCCc1ccc(S(=O)(=O)[O-])cc1.[Ti+3]. The fraction of sp³-hybridized carbons (Fsp3) is 0.684. The first-order chi connectivity index (χ1) is 33.3. The van der Waals surface area contributed by atoms with E-state index in [4.69, 9.17) is 5.11 Å². The molecule has 0 saturated heterocycles. The first kappa shape index (κ1) is 71.1.